The Morgan fingerprint density at radius 1 is 0.972 bits per heavy atom. The topological polar surface area (TPSA) is 129 Å². The molecule has 1 heterocycles. The number of phenols is 1. The van der Waals surface area contributed by atoms with Crippen LogP contribution in [0.25, 0.3) is 5.69 Å². The second-order valence-corrected chi connectivity index (χ2v) is 10.8. The van der Waals surface area contributed by atoms with Crippen LogP contribution in [0.5, 0.6) is 11.5 Å². The molecule has 1 amide bonds. The highest BCUT2D eigenvalue weighted by Gasteiger charge is 2.28. The van der Waals surface area contributed by atoms with E-state index < -0.39 is 28.0 Å². The third-order valence-electron chi connectivity index (χ3n) is 6.05. The fourth-order valence-electron chi connectivity index (χ4n) is 3.92. The van der Waals surface area contributed by atoms with Gasteiger partial charge in [0.2, 0.25) is 0 Å². The molecule has 0 radical (unpaired) electrons. The van der Waals surface area contributed by atoms with E-state index in [1.165, 1.54) is 14.2 Å². The van der Waals surface area contributed by atoms with E-state index in [1.54, 1.807) is 36.4 Å². The van der Waals surface area contributed by atoms with Crippen molar-refractivity contribution in [2.45, 2.75) is 52.4 Å². The van der Waals surface area contributed by atoms with Gasteiger partial charge in [0, 0.05) is 23.7 Å². The number of amides is 1. The summed E-state index contributed by atoms with van der Waals surface area (Å²) in [7, 11) is 2.84. The molecule has 1 aromatic heterocycles. The SMILES string of the molecule is COc1ccc(-n2c(N)c(NC(=O)c3cc(C(C)(C)C)c(O)c(C(C)(C)C)c3)c(=O)n(C)c2=O)cc1. The fourth-order valence-corrected chi connectivity index (χ4v) is 3.92. The molecule has 0 aliphatic heterocycles. The van der Waals surface area contributed by atoms with Crippen LogP contribution < -0.4 is 27.0 Å². The first-order valence-corrected chi connectivity index (χ1v) is 11.5. The third-order valence-corrected chi connectivity index (χ3v) is 6.05. The van der Waals surface area contributed by atoms with Crippen molar-refractivity contribution in [2.24, 2.45) is 7.05 Å². The molecular formula is C27H34N4O5. The number of hydrogen-bond acceptors (Lipinski definition) is 6. The Balaban J connectivity index is 2.17. The number of anilines is 2. The number of carbonyl (C=O) groups is 1. The van der Waals surface area contributed by atoms with Crippen LogP contribution in [0.4, 0.5) is 11.5 Å². The number of nitrogens with zero attached hydrogens (tertiary/aromatic N) is 2. The summed E-state index contributed by atoms with van der Waals surface area (Å²) in [5.74, 6) is -0.0717. The molecular weight excluding hydrogens is 460 g/mol. The first-order chi connectivity index (χ1) is 16.6. The van der Waals surface area contributed by atoms with Gasteiger partial charge in [0.1, 0.15) is 23.0 Å². The van der Waals surface area contributed by atoms with E-state index in [0.717, 1.165) is 9.13 Å². The zero-order valence-electron chi connectivity index (χ0n) is 22.0. The molecule has 0 bridgehead atoms. The largest absolute Gasteiger partial charge is 0.507 e. The van der Waals surface area contributed by atoms with Crippen LogP contribution in [0.3, 0.4) is 0 Å². The van der Waals surface area contributed by atoms with E-state index >= 15 is 0 Å². The molecule has 0 unspecified atom stereocenters. The van der Waals surface area contributed by atoms with Crippen molar-refractivity contribution >= 4 is 17.4 Å². The lowest BCUT2D eigenvalue weighted by Gasteiger charge is -2.28. The lowest BCUT2D eigenvalue weighted by molar-refractivity contribution is 0.102. The van der Waals surface area contributed by atoms with Crippen molar-refractivity contribution in [3.05, 3.63) is 73.9 Å². The number of rotatable bonds is 4. The smallest absolute Gasteiger partial charge is 0.337 e. The van der Waals surface area contributed by atoms with Gasteiger partial charge in [-0.25, -0.2) is 9.36 Å². The summed E-state index contributed by atoms with van der Waals surface area (Å²) in [5.41, 5.74) is 5.62. The lowest BCUT2D eigenvalue weighted by Crippen LogP contribution is -2.40. The quantitative estimate of drug-likeness (QED) is 0.508. The van der Waals surface area contributed by atoms with Crippen molar-refractivity contribution in [2.75, 3.05) is 18.2 Å². The fraction of sp³-hybridized carbons (Fsp3) is 0.370. The summed E-state index contributed by atoms with van der Waals surface area (Å²) < 4.78 is 7.19. The number of aromatic hydroxyl groups is 1. The maximum Gasteiger partial charge on any atom is 0.337 e. The van der Waals surface area contributed by atoms with Gasteiger partial charge in [-0.05, 0) is 47.2 Å². The minimum atomic E-state index is -0.735. The molecule has 3 rings (SSSR count). The van der Waals surface area contributed by atoms with Crippen molar-refractivity contribution in [3.8, 4) is 17.2 Å². The number of nitrogens with two attached hydrogens (primary N) is 1. The maximum absolute atomic E-state index is 13.4. The molecule has 36 heavy (non-hydrogen) atoms. The maximum atomic E-state index is 13.4. The van der Waals surface area contributed by atoms with Gasteiger partial charge in [-0.2, -0.15) is 0 Å². The number of methoxy groups -OCH3 is 1. The Bertz CT molecular complexity index is 1400. The van der Waals surface area contributed by atoms with Crippen LogP contribution in [0, 0.1) is 0 Å². The molecule has 0 aliphatic carbocycles. The van der Waals surface area contributed by atoms with E-state index in [9.17, 15) is 19.5 Å². The third kappa shape index (κ3) is 4.86. The molecule has 3 aromatic rings. The Morgan fingerprint density at radius 3 is 1.92 bits per heavy atom. The van der Waals surface area contributed by atoms with Crippen molar-refractivity contribution in [1.29, 1.82) is 0 Å². The highest BCUT2D eigenvalue weighted by molar-refractivity contribution is 6.06. The van der Waals surface area contributed by atoms with Crippen LogP contribution >= 0.6 is 0 Å². The van der Waals surface area contributed by atoms with E-state index in [2.05, 4.69) is 5.32 Å². The number of benzene rings is 2. The average Bonchev–Trinajstić information content (AvgIpc) is 2.79. The van der Waals surface area contributed by atoms with Gasteiger partial charge in [0.15, 0.2) is 0 Å². The standard InChI is InChI=1S/C27H34N4O5/c1-26(2,3)18-13-15(14-19(21(18)32)27(4,5)6)23(33)29-20-22(28)31(25(35)30(7)24(20)34)16-9-11-17(36-8)12-10-16/h9-14,32H,28H2,1-8H3,(H,29,33). The number of carbonyl (C=O) groups excluding carboxylic acids is 1. The summed E-state index contributed by atoms with van der Waals surface area (Å²) in [6.07, 6.45) is 0. The Hall–Kier alpha value is -4.01. The van der Waals surface area contributed by atoms with E-state index in [0.29, 0.717) is 22.6 Å². The van der Waals surface area contributed by atoms with Gasteiger partial charge >= 0.3 is 5.69 Å². The van der Waals surface area contributed by atoms with Crippen molar-refractivity contribution in [3.63, 3.8) is 0 Å². The van der Waals surface area contributed by atoms with Crippen LogP contribution in [0.2, 0.25) is 0 Å². The van der Waals surface area contributed by atoms with Crippen LogP contribution in [-0.2, 0) is 17.9 Å². The predicted molar refractivity (Wildman–Crippen MR) is 142 cm³/mol. The molecule has 192 valence electrons. The number of nitrogens with one attached hydrogen (secondary N) is 1. The molecule has 0 saturated heterocycles. The summed E-state index contributed by atoms with van der Waals surface area (Å²) in [6, 6.07) is 9.78. The zero-order valence-corrected chi connectivity index (χ0v) is 22.0. The Morgan fingerprint density at radius 2 is 1.47 bits per heavy atom. The highest BCUT2D eigenvalue weighted by atomic mass is 16.5. The Kier molecular flexibility index (Phi) is 6.81. The molecule has 0 saturated carbocycles. The second kappa shape index (κ2) is 9.22. The molecule has 0 atom stereocenters. The first kappa shape index (κ1) is 26.6. The minimum Gasteiger partial charge on any atom is -0.507 e. The van der Waals surface area contributed by atoms with E-state index in [1.807, 2.05) is 41.5 Å². The number of nitrogen functional groups attached to an aromatic ring is 1. The van der Waals surface area contributed by atoms with Crippen LogP contribution in [0.15, 0.2) is 46.0 Å². The summed E-state index contributed by atoms with van der Waals surface area (Å²) in [6.45, 7) is 11.6. The monoisotopic (exact) mass is 494 g/mol. The van der Waals surface area contributed by atoms with Crippen molar-refractivity contribution < 1.29 is 14.6 Å². The molecule has 2 aromatic carbocycles. The van der Waals surface area contributed by atoms with Gasteiger partial charge in [-0.15, -0.1) is 0 Å². The van der Waals surface area contributed by atoms with Gasteiger partial charge in [0.05, 0.1) is 12.8 Å². The molecule has 9 heteroatoms. The summed E-state index contributed by atoms with van der Waals surface area (Å²) in [5, 5.41) is 13.6. The van der Waals surface area contributed by atoms with E-state index in [4.69, 9.17) is 10.5 Å². The zero-order chi connectivity index (χ0) is 27.2. The molecule has 4 N–H and O–H groups in total. The first-order valence-electron chi connectivity index (χ1n) is 11.5. The summed E-state index contributed by atoms with van der Waals surface area (Å²) >= 11 is 0. The second-order valence-electron chi connectivity index (χ2n) is 10.8. The van der Waals surface area contributed by atoms with Gasteiger partial charge in [-0.3, -0.25) is 14.2 Å². The van der Waals surface area contributed by atoms with Gasteiger partial charge in [0.25, 0.3) is 11.5 Å². The average molecular weight is 495 g/mol. The van der Waals surface area contributed by atoms with Crippen LogP contribution in [0.1, 0.15) is 63.0 Å². The minimum absolute atomic E-state index is 0.134. The predicted octanol–water partition coefficient (Wildman–Crippen LogP) is 3.68. The molecule has 0 aliphatic rings. The highest BCUT2D eigenvalue weighted by Crippen LogP contribution is 2.40. The summed E-state index contributed by atoms with van der Waals surface area (Å²) in [4.78, 5) is 39.3. The Labute approximate surface area is 210 Å². The number of phenolic OH excluding ortho intramolecular Hbond substituents is 1. The number of aromatic nitrogens is 2. The molecule has 0 fully saturated rings. The van der Waals surface area contributed by atoms with E-state index in [-0.39, 0.29) is 22.8 Å². The lowest BCUT2D eigenvalue weighted by atomic mass is 9.78. The molecule has 0 spiro atoms. The van der Waals surface area contributed by atoms with Crippen molar-refractivity contribution in [1.82, 2.24) is 9.13 Å². The number of ether oxygens (including phenoxy) is 1. The van der Waals surface area contributed by atoms with Gasteiger partial charge < -0.3 is 20.9 Å². The normalized spacial score (nSPS) is 11.9. The number of hydrogen-bond donors (Lipinski definition) is 3. The van der Waals surface area contributed by atoms with Gasteiger partial charge in [-0.1, -0.05) is 41.5 Å². The molecule has 9 nitrogen and oxygen atoms in total. The van der Waals surface area contributed by atoms with Crippen LogP contribution in [-0.4, -0.2) is 27.3 Å².